The maximum atomic E-state index is 12.5. The second-order valence-corrected chi connectivity index (χ2v) is 7.01. The predicted molar refractivity (Wildman–Crippen MR) is 94.5 cm³/mol. The lowest BCUT2D eigenvalue weighted by Crippen LogP contribution is -2.29. The van der Waals surface area contributed by atoms with E-state index in [0.717, 1.165) is 35.5 Å². The number of fused-ring (bicyclic) bond motifs is 1. The summed E-state index contributed by atoms with van der Waals surface area (Å²) < 4.78 is 7.44. The summed E-state index contributed by atoms with van der Waals surface area (Å²) in [5.41, 5.74) is 2.34. The first-order chi connectivity index (χ1) is 12.0. The Morgan fingerprint density at radius 1 is 1.28 bits per heavy atom. The second kappa shape index (κ2) is 6.02. The number of amides is 1. The third-order valence-corrected chi connectivity index (χ3v) is 4.62. The van der Waals surface area contributed by atoms with E-state index in [2.05, 4.69) is 35.0 Å². The van der Waals surface area contributed by atoms with Crippen molar-refractivity contribution in [3.8, 4) is 0 Å². The number of hydrogen-bond acceptors (Lipinski definition) is 4. The first kappa shape index (κ1) is 15.9. The highest BCUT2D eigenvalue weighted by molar-refractivity contribution is 5.92. The van der Waals surface area contributed by atoms with Gasteiger partial charge in [0.1, 0.15) is 11.6 Å². The molecule has 1 fully saturated rings. The smallest absolute Gasteiger partial charge is 0.274 e. The Morgan fingerprint density at radius 3 is 2.76 bits per heavy atom. The van der Waals surface area contributed by atoms with Crippen LogP contribution in [0, 0.1) is 0 Å². The van der Waals surface area contributed by atoms with Crippen molar-refractivity contribution in [2.75, 3.05) is 0 Å². The zero-order valence-electron chi connectivity index (χ0n) is 14.7. The number of carbonyl (C=O) groups is 1. The van der Waals surface area contributed by atoms with Crippen molar-refractivity contribution in [1.82, 2.24) is 20.0 Å². The van der Waals surface area contributed by atoms with Crippen molar-refractivity contribution in [2.24, 2.45) is 0 Å². The minimum atomic E-state index is -0.233. The van der Waals surface area contributed by atoms with Crippen molar-refractivity contribution in [1.29, 1.82) is 0 Å². The van der Waals surface area contributed by atoms with Crippen LogP contribution in [0.1, 0.15) is 73.7 Å². The lowest BCUT2D eigenvalue weighted by Gasteiger charge is -2.18. The van der Waals surface area contributed by atoms with Crippen LogP contribution in [-0.2, 0) is 0 Å². The standard InChI is InChI=1S/C19H22N4O2/c1-11(2)23-16-7-5-4-6-14(16)21-18(23)12(3)20-19(24)15-10-17(25-22-15)13-8-9-13/h4-7,10-13H,8-9H2,1-3H3,(H,20,24)/t12-/m1/s1. The third-order valence-electron chi connectivity index (χ3n) is 4.62. The monoisotopic (exact) mass is 338 g/mol. The molecule has 0 unspecified atom stereocenters. The fraction of sp³-hybridized carbons (Fsp3) is 0.421. The largest absolute Gasteiger partial charge is 0.360 e. The molecule has 4 rings (SSSR count). The number of imidazole rings is 1. The van der Waals surface area contributed by atoms with Gasteiger partial charge in [0, 0.05) is 18.0 Å². The molecule has 1 N–H and O–H groups in total. The number of hydrogen-bond donors (Lipinski definition) is 1. The summed E-state index contributed by atoms with van der Waals surface area (Å²) in [5.74, 6) is 1.87. The molecule has 1 aliphatic rings. The molecular weight excluding hydrogens is 316 g/mol. The lowest BCUT2D eigenvalue weighted by atomic mass is 10.2. The topological polar surface area (TPSA) is 73.0 Å². The number of nitrogens with one attached hydrogen (secondary N) is 1. The van der Waals surface area contributed by atoms with E-state index in [4.69, 9.17) is 9.51 Å². The van der Waals surface area contributed by atoms with E-state index in [-0.39, 0.29) is 18.0 Å². The molecule has 25 heavy (non-hydrogen) atoms. The van der Waals surface area contributed by atoms with Gasteiger partial charge < -0.3 is 14.4 Å². The fourth-order valence-corrected chi connectivity index (χ4v) is 3.20. The van der Waals surface area contributed by atoms with Crippen molar-refractivity contribution in [3.63, 3.8) is 0 Å². The molecule has 0 bridgehead atoms. The van der Waals surface area contributed by atoms with E-state index in [9.17, 15) is 4.79 Å². The molecule has 1 atom stereocenters. The number of carbonyl (C=O) groups excluding carboxylic acids is 1. The molecule has 0 saturated heterocycles. The molecule has 130 valence electrons. The van der Waals surface area contributed by atoms with Gasteiger partial charge in [0.25, 0.3) is 5.91 Å². The van der Waals surface area contributed by atoms with E-state index in [1.54, 1.807) is 6.07 Å². The van der Waals surface area contributed by atoms with Crippen LogP contribution in [0.4, 0.5) is 0 Å². The van der Waals surface area contributed by atoms with Gasteiger partial charge in [0.05, 0.1) is 17.1 Å². The van der Waals surface area contributed by atoms with Gasteiger partial charge in [-0.2, -0.15) is 0 Å². The van der Waals surface area contributed by atoms with Crippen molar-refractivity contribution in [3.05, 3.63) is 47.6 Å². The second-order valence-electron chi connectivity index (χ2n) is 7.01. The minimum Gasteiger partial charge on any atom is -0.360 e. The molecule has 1 aliphatic carbocycles. The van der Waals surface area contributed by atoms with Gasteiger partial charge in [-0.05, 0) is 45.7 Å². The van der Waals surface area contributed by atoms with Crippen LogP contribution in [-0.4, -0.2) is 20.6 Å². The molecule has 2 aromatic heterocycles. The van der Waals surface area contributed by atoms with Gasteiger partial charge in [0.2, 0.25) is 0 Å². The number of rotatable bonds is 5. The normalized spacial score (nSPS) is 15.7. The number of para-hydroxylation sites is 2. The molecule has 0 radical (unpaired) electrons. The van der Waals surface area contributed by atoms with E-state index in [0.29, 0.717) is 11.6 Å². The molecule has 2 heterocycles. The average molecular weight is 338 g/mol. The summed E-state index contributed by atoms with van der Waals surface area (Å²) in [6, 6.07) is 9.79. The van der Waals surface area contributed by atoms with Crippen molar-refractivity contribution >= 4 is 16.9 Å². The third kappa shape index (κ3) is 2.92. The number of benzene rings is 1. The molecule has 1 amide bonds. The van der Waals surface area contributed by atoms with E-state index < -0.39 is 0 Å². The lowest BCUT2D eigenvalue weighted by molar-refractivity contribution is 0.0928. The number of nitrogens with zero attached hydrogens (tertiary/aromatic N) is 3. The van der Waals surface area contributed by atoms with Crippen LogP contribution in [0.15, 0.2) is 34.9 Å². The first-order valence-corrected chi connectivity index (χ1v) is 8.79. The Hall–Kier alpha value is -2.63. The van der Waals surface area contributed by atoms with Gasteiger partial charge in [-0.25, -0.2) is 4.98 Å². The predicted octanol–water partition coefficient (Wildman–Crippen LogP) is 3.97. The van der Waals surface area contributed by atoms with Crippen LogP contribution in [0.3, 0.4) is 0 Å². The molecular formula is C19H22N4O2. The van der Waals surface area contributed by atoms with E-state index in [1.807, 2.05) is 25.1 Å². The van der Waals surface area contributed by atoms with Crippen molar-refractivity contribution in [2.45, 2.75) is 51.6 Å². The highest BCUT2D eigenvalue weighted by Gasteiger charge is 2.29. The molecule has 6 heteroatoms. The highest BCUT2D eigenvalue weighted by Crippen LogP contribution is 2.40. The SMILES string of the molecule is CC(C)n1c([C@@H](C)NC(=O)c2cc(C3CC3)on2)nc2ccccc21. The molecule has 1 saturated carbocycles. The number of aromatic nitrogens is 3. The van der Waals surface area contributed by atoms with Gasteiger partial charge in [-0.15, -0.1) is 0 Å². The maximum absolute atomic E-state index is 12.5. The summed E-state index contributed by atoms with van der Waals surface area (Å²) in [5, 5.41) is 6.91. The Labute approximate surface area is 146 Å². The highest BCUT2D eigenvalue weighted by atomic mass is 16.5. The summed E-state index contributed by atoms with van der Waals surface area (Å²) in [6.07, 6.45) is 2.23. The Morgan fingerprint density at radius 2 is 2.04 bits per heavy atom. The summed E-state index contributed by atoms with van der Waals surface area (Å²) in [6.45, 7) is 6.18. The van der Waals surface area contributed by atoms with Gasteiger partial charge >= 0.3 is 0 Å². The van der Waals surface area contributed by atoms with Crippen LogP contribution < -0.4 is 5.32 Å². The quantitative estimate of drug-likeness (QED) is 0.764. The zero-order valence-corrected chi connectivity index (χ0v) is 14.7. The molecule has 3 aromatic rings. The Bertz CT molecular complexity index is 921. The maximum Gasteiger partial charge on any atom is 0.274 e. The van der Waals surface area contributed by atoms with Crippen LogP contribution in [0.2, 0.25) is 0 Å². The molecule has 0 aliphatic heterocycles. The molecule has 0 spiro atoms. The van der Waals surface area contributed by atoms with Crippen molar-refractivity contribution < 1.29 is 9.32 Å². The van der Waals surface area contributed by atoms with Gasteiger partial charge in [-0.1, -0.05) is 17.3 Å². The van der Waals surface area contributed by atoms with E-state index >= 15 is 0 Å². The minimum absolute atomic E-state index is 0.231. The Balaban J connectivity index is 1.59. The summed E-state index contributed by atoms with van der Waals surface area (Å²) >= 11 is 0. The first-order valence-electron chi connectivity index (χ1n) is 8.79. The van der Waals surface area contributed by atoms with Crippen LogP contribution in [0.25, 0.3) is 11.0 Å². The summed E-state index contributed by atoms with van der Waals surface area (Å²) in [4.78, 5) is 17.2. The molecule has 6 nitrogen and oxygen atoms in total. The summed E-state index contributed by atoms with van der Waals surface area (Å²) in [7, 11) is 0. The fourth-order valence-electron chi connectivity index (χ4n) is 3.20. The van der Waals surface area contributed by atoms with Gasteiger partial charge in [0.15, 0.2) is 5.69 Å². The Kier molecular flexibility index (Phi) is 3.82. The van der Waals surface area contributed by atoms with Crippen LogP contribution >= 0.6 is 0 Å². The van der Waals surface area contributed by atoms with Crippen LogP contribution in [0.5, 0.6) is 0 Å². The molecule has 1 aromatic carbocycles. The average Bonchev–Trinajstić information content (AvgIpc) is 3.18. The van der Waals surface area contributed by atoms with Gasteiger partial charge in [-0.3, -0.25) is 4.79 Å². The zero-order chi connectivity index (χ0) is 17.6. The van der Waals surface area contributed by atoms with E-state index in [1.165, 1.54) is 0 Å².